The Kier molecular flexibility index (Phi) is 13.2. The lowest BCUT2D eigenvalue weighted by molar-refractivity contribution is -0.156. The van der Waals surface area contributed by atoms with E-state index >= 15 is 0 Å². The topological polar surface area (TPSA) is 61.8 Å². The summed E-state index contributed by atoms with van der Waals surface area (Å²) < 4.78 is 15.9. The number of hydrogen-bond donors (Lipinski definition) is 0. The second-order valence-corrected chi connectivity index (χ2v) is 8.63. The van der Waals surface area contributed by atoms with E-state index in [4.69, 9.17) is 14.2 Å². The molecule has 5 nitrogen and oxygen atoms in total. The van der Waals surface area contributed by atoms with Crippen molar-refractivity contribution in [3.05, 3.63) is 0 Å². The molecule has 0 saturated carbocycles. The number of ether oxygens (including phenoxy) is 3. The van der Waals surface area contributed by atoms with Gasteiger partial charge in [0.15, 0.2) is 0 Å². The fraction of sp³-hybridized carbons (Fsp3) is 0.900. The van der Waals surface area contributed by atoms with Crippen molar-refractivity contribution in [2.45, 2.75) is 73.1 Å². The van der Waals surface area contributed by atoms with Crippen molar-refractivity contribution >= 4 is 27.9 Å². The molecule has 0 bridgehead atoms. The summed E-state index contributed by atoms with van der Waals surface area (Å²) in [4.78, 5) is 23.9. The van der Waals surface area contributed by atoms with E-state index in [0.717, 1.165) is 43.9 Å². The van der Waals surface area contributed by atoms with Crippen LogP contribution in [0.2, 0.25) is 0 Å². The summed E-state index contributed by atoms with van der Waals surface area (Å²) in [5.41, 5.74) is -0.896. The first-order valence-electron chi connectivity index (χ1n) is 9.65. The molecule has 0 N–H and O–H groups in total. The smallest absolute Gasteiger partial charge is 0.311 e. The van der Waals surface area contributed by atoms with Gasteiger partial charge in [0.25, 0.3) is 0 Å². The lowest BCUT2D eigenvalue weighted by atomic mass is 9.87. The Hall–Kier alpha value is -0.620. The van der Waals surface area contributed by atoms with Crippen LogP contribution in [0.1, 0.15) is 73.1 Å². The Bertz CT molecular complexity index is 407. The van der Waals surface area contributed by atoms with Crippen LogP contribution < -0.4 is 0 Å². The van der Waals surface area contributed by atoms with Crippen molar-refractivity contribution in [1.29, 1.82) is 0 Å². The number of carbonyl (C=O) groups is 2. The molecule has 0 rings (SSSR count). The highest BCUT2D eigenvalue weighted by Gasteiger charge is 2.29. The summed E-state index contributed by atoms with van der Waals surface area (Å²) in [5.74, 6) is -0.307. The predicted molar refractivity (Wildman–Crippen MR) is 107 cm³/mol. The molecule has 0 radical (unpaired) electrons. The Morgan fingerprint density at radius 2 is 1.31 bits per heavy atom. The highest BCUT2D eigenvalue weighted by Crippen LogP contribution is 2.26. The van der Waals surface area contributed by atoms with Crippen molar-refractivity contribution in [2.24, 2.45) is 10.8 Å². The van der Waals surface area contributed by atoms with Crippen molar-refractivity contribution < 1.29 is 23.8 Å². The molecule has 154 valence electrons. The lowest BCUT2D eigenvalue weighted by Gasteiger charge is -2.22. The quantitative estimate of drug-likeness (QED) is 0.207. The van der Waals surface area contributed by atoms with E-state index < -0.39 is 10.8 Å². The van der Waals surface area contributed by atoms with Gasteiger partial charge in [0.2, 0.25) is 0 Å². The first-order chi connectivity index (χ1) is 12.2. The minimum Gasteiger partial charge on any atom is -0.466 e. The van der Waals surface area contributed by atoms with Gasteiger partial charge >= 0.3 is 11.9 Å². The minimum atomic E-state index is -0.452. The van der Waals surface area contributed by atoms with Crippen LogP contribution in [-0.2, 0) is 23.8 Å². The SMILES string of the molecule is CCOC(=O)C(C)(C)CCCCOCCOC(=O)C(C)(C)CCCCBr. The van der Waals surface area contributed by atoms with Crippen molar-refractivity contribution in [1.82, 2.24) is 0 Å². The Balaban J connectivity index is 3.75. The van der Waals surface area contributed by atoms with E-state index in [1.165, 1.54) is 0 Å². The Morgan fingerprint density at radius 1 is 0.769 bits per heavy atom. The standard InChI is InChI=1S/C20H37BrO5/c1-6-25-17(22)19(2,3)12-8-10-14-24-15-16-26-18(23)20(4,5)11-7-9-13-21/h6-16H2,1-5H3. The van der Waals surface area contributed by atoms with Gasteiger partial charge in [-0.2, -0.15) is 0 Å². The molecular formula is C20H37BrO5. The maximum atomic E-state index is 12.1. The third-order valence-corrected chi connectivity index (χ3v) is 4.93. The van der Waals surface area contributed by atoms with E-state index in [9.17, 15) is 9.59 Å². The van der Waals surface area contributed by atoms with Gasteiger partial charge in [0.1, 0.15) is 6.61 Å². The Morgan fingerprint density at radius 3 is 1.85 bits per heavy atom. The molecule has 0 aliphatic heterocycles. The number of carbonyl (C=O) groups excluding carboxylic acids is 2. The van der Waals surface area contributed by atoms with Gasteiger partial charge in [0, 0.05) is 11.9 Å². The summed E-state index contributed by atoms with van der Waals surface area (Å²) >= 11 is 3.40. The third kappa shape index (κ3) is 11.2. The molecular weight excluding hydrogens is 400 g/mol. The Labute approximate surface area is 167 Å². The van der Waals surface area contributed by atoms with Crippen LogP contribution >= 0.6 is 15.9 Å². The molecule has 0 aromatic carbocycles. The number of halogens is 1. The van der Waals surface area contributed by atoms with Crippen LogP contribution in [0.5, 0.6) is 0 Å². The summed E-state index contributed by atoms with van der Waals surface area (Å²) in [6, 6.07) is 0. The lowest BCUT2D eigenvalue weighted by Crippen LogP contribution is -2.28. The zero-order valence-electron chi connectivity index (χ0n) is 17.2. The summed E-state index contributed by atoms with van der Waals surface area (Å²) in [6.07, 6.45) is 5.43. The zero-order chi connectivity index (χ0) is 20.1. The highest BCUT2D eigenvalue weighted by molar-refractivity contribution is 9.09. The summed E-state index contributed by atoms with van der Waals surface area (Å²) in [6.45, 7) is 11.2. The van der Waals surface area contributed by atoms with Crippen molar-refractivity contribution in [2.75, 3.05) is 31.8 Å². The normalized spacial score (nSPS) is 12.1. The van der Waals surface area contributed by atoms with Crippen molar-refractivity contribution in [3.8, 4) is 0 Å². The first kappa shape index (κ1) is 25.4. The average molecular weight is 437 g/mol. The molecule has 0 aliphatic rings. The zero-order valence-corrected chi connectivity index (χ0v) is 18.8. The number of hydrogen-bond acceptors (Lipinski definition) is 5. The maximum Gasteiger partial charge on any atom is 0.311 e. The number of rotatable bonds is 15. The maximum absolute atomic E-state index is 12.1. The van der Waals surface area contributed by atoms with Gasteiger partial charge in [0.05, 0.1) is 24.0 Å². The average Bonchev–Trinajstić information content (AvgIpc) is 2.57. The van der Waals surface area contributed by atoms with E-state index in [1.54, 1.807) is 0 Å². The minimum absolute atomic E-state index is 0.147. The molecule has 0 heterocycles. The third-order valence-electron chi connectivity index (χ3n) is 4.37. The summed E-state index contributed by atoms with van der Waals surface area (Å²) in [7, 11) is 0. The van der Waals surface area contributed by atoms with E-state index in [-0.39, 0.29) is 18.5 Å². The fourth-order valence-electron chi connectivity index (χ4n) is 2.45. The van der Waals surface area contributed by atoms with Gasteiger partial charge in [-0.1, -0.05) is 28.8 Å². The van der Waals surface area contributed by atoms with E-state index in [2.05, 4.69) is 15.9 Å². The van der Waals surface area contributed by atoms with Crippen LogP contribution in [0.25, 0.3) is 0 Å². The number of esters is 2. The van der Waals surface area contributed by atoms with Gasteiger partial charge in [-0.05, 0) is 60.3 Å². The van der Waals surface area contributed by atoms with Crippen LogP contribution in [0.3, 0.4) is 0 Å². The van der Waals surface area contributed by atoms with E-state index in [0.29, 0.717) is 19.8 Å². The molecule has 0 fully saturated rings. The van der Waals surface area contributed by atoms with Crippen molar-refractivity contribution in [3.63, 3.8) is 0 Å². The van der Waals surface area contributed by atoms with Crippen LogP contribution in [-0.4, -0.2) is 43.7 Å². The predicted octanol–water partition coefficient (Wildman–Crippen LogP) is 4.90. The van der Waals surface area contributed by atoms with Gasteiger partial charge in [-0.25, -0.2) is 0 Å². The molecule has 0 spiro atoms. The molecule has 0 aromatic rings. The molecule has 0 unspecified atom stereocenters. The van der Waals surface area contributed by atoms with Crippen LogP contribution in [0.15, 0.2) is 0 Å². The first-order valence-corrected chi connectivity index (χ1v) is 10.8. The largest absolute Gasteiger partial charge is 0.466 e. The second-order valence-electron chi connectivity index (χ2n) is 7.84. The molecule has 26 heavy (non-hydrogen) atoms. The van der Waals surface area contributed by atoms with Crippen LogP contribution in [0, 0.1) is 10.8 Å². The van der Waals surface area contributed by atoms with E-state index in [1.807, 2.05) is 34.6 Å². The molecule has 6 heteroatoms. The molecule has 0 aliphatic carbocycles. The number of unbranched alkanes of at least 4 members (excludes halogenated alkanes) is 2. The molecule has 0 atom stereocenters. The monoisotopic (exact) mass is 436 g/mol. The van der Waals surface area contributed by atoms with Gasteiger partial charge < -0.3 is 14.2 Å². The molecule has 0 amide bonds. The van der Waals surface area contributed by atoms with Gasteiger partial charge in [-0.3, -0.25) is 9.59 Å². The second kappa shape index (κ2) is 13.5. The van der Waals surface area contributed by atoms with Crippen LogP contribution in [0.4, 0.5) is 0 Å². The van der Waals surface area contributed by atoms with Gasteiger partial charge in [-0.15, -0.1) is 0 Å². The highest BCUT2D eigenvalue weighted by atomic mass is 79.9. The molecule has 0 aromatic heterocycles. The number of alkyl halides is 1. The fourth-order valence-corrected chi connectivity index (χ4v) is 2.85. The molecule has 0 saturated heterocycles. The summed E-state index contributed by atoms with van der Waals surface area (Å²) in [5, 5.41) is 0.961.